The van der Waals surface area contributed by atoms with E-state index >= 15 is 0 Å². The second-order valence-electron chi connectivity index (χ2n) is 12.0. The maximum absolute atomic E-state index is 2.37. The van der Waals surface area contributed by atoms with Gasteiger partial charge in [-0.05, 0) is 51.4 Å². The van der Waals surface area contributed by atoms with Crippen LogP contribution in [-0.4, -0.2) is 24.6 Å². The topological polar surface area (TPSA) is 0 Å². The fourth-order valence-corrected chi connectivity index (χ4v) is 10.9. The van der Waals surface area contributed by atoms with Crippen LogP contribution in [0.5, 0.6) is 0 Å². The highest BCUT2D eigenvalue weighted by molar-refractivity contribution is 7.75. The Labute approximate surface area is 226 Å². The minimum Gasteiger partial charge on any atom is -0.0654 e. The standard InChI is InChI=1S/C34H72P/c1-5-9-13-17-19-20-21-22-23-24-26-30-34-35(31-27-15-11-7-3,32-28-16-12-8-4)33-29-25-18-14-10-6-2/h5-34H2,1-4H3/q+1. The van der Waals surface area contributed by atoms with E-state index in [4.69, 9.17) is 0 Å². The quantitative estimate of drug-likeness (QED) is 0.0664. The minimum atomic E-state index is -0.712. The summed E-state index contributed by atoms with van der Waals surface area (Å²) < 4.78 is 0. The lowest BCUT2D eigenvalue weighted by Gasteiger charge is -2.28. The lowest BCUT2D eigenvalue weighted by atomic mass is 10.1. The molecular formula is C34H72P+. The van der Waals surface area contributed by atoms with Crippen LogP contribution in [0.3, 0.4) is 0 Å². The number of hydrogen-bond acceptors (Lipinski definition) is 0. The molecule has 0 aliphatic rings. The first kappa shape index (κ1) is 35.4. The van der Waals surface area contributed by atoms with Crippen LogP contribution in [-0.2, 0) is 0 Å². The van der Waals surface area contributed by atoms with Crippen molar-refractivity contribution in [1.82, 2.24) is 0 Å². The van der Waals surface area contributed by atoms with Gasteiger partial charge in [-0.3, -0.25) is 0 Å². The summed E-state index contributed by atoms with van der Waals surface area (Å²) in [5.41, 5.74) is 0. The summed E-state index contributed by atoms with van der Waals surface area (Å²) in [5, 5.41) is 0. The molecule has 0 rings (SSSR count). The third-order valence-corrected chi connectivity index (χ3v) is 13.5. The molecule has 0 unspecified atom stereocenters. The van der Waals surface area contributed by atoms with Crippen molar-refractivity contribution >= 4 is 7.26 Å². The molecule has 0 radical (unpaired) electrons. The summed E-state index contributed by atoms with van der Waals surface area (Å²) in [5.74, 6) is 0. The monoisotopic (exact) mass is 512 g/mol. The maximum Gasteiger partial charge on any atom is 0.0594 e. The van der Waals surface area contributed by atoms with Gasteiger partial charge in [-0.1, -0.05) is 143 Å². The Morgan fingerprint density at radius 3 is 0.629 bits per heavy atom. The summed E-state index contributed by atoms with van der Waals surface area (Å²) in [4.78, 5) is 0. The van der Waals surface area contributed by atoms with Gasteiger partial charge in [0.2, 0.25) is 0 Å². The first-order chi connectivity index (χ1) is 17.2. The van der Waals surface area contributed by atoms with E-state index in [2.05, 4.69) is 27.7 Å². The van der Waals surface area contributed by atoms with Gasteiger partial charge in [-0.25, -0.2) is 0 Å². The van der Waals surface area contributed by atoms with Gasteiger partial charge in [0.25, 0.3) is 0 Å². The Hall–Kier alpha value is 0.430. The van der Waals surface area contributed by atoms with E-state index in [1.807, 2.05) is 0 Å². The third-order valence-electron chi connectivity index (χ3n) is 8.44. The highest BCUT2D eigenvalue weighted by Gasteiger charge is 2.34. The molecule has 1 heteroatoms. The van der Waals surface area contributed by atoms with Crippen molar-refractivity contribution in [3.05, 3.63) is 0 Å². The zero-order valence-corrected chi connectivity index (χ0v) is 26.6. The predicted molar refractivity (Wildman–Crippen MR) is 169 cm³/mol. The Morgan fingerprint density at radius 1 is 0.229 bits per heavy atom. The van der Waals surface area contributed by atoms with E-state index in [0.717, 1.165) is 0 Å². The van der Waals surface area contributed by atoms with E-state index in [1.165, 1.54) is 141 Å². The van der Waals surface area contributed by atoms with Crippen LogP contribution in [0.2, 0.25) is 0 Å². The number of unbranched alkanes of at least 4 members (excludes halogenated alkanes) is 22. The molecule has 0 amide bonds. The van der Waals surface area contributed by atoms with Crippen molar-refractivity contribution in [2.24, 2.45) is 0 Å². The van der Waals surface area contributed by atoms with Crippen LogP contribution in [0.4, 0.5) is 0 Å². The molecule has 0 heterocycles. The van der Waals surface area contributed by atoms with E-state index in [9.17, 15) is 0 Å². The largest absolute Gasteiger partial charge is 0.0654 e. The molecule has 35 heavy (non-hydrogen) atoms. The smallest absolute Gasteiger partial charge is 0.0594 e. The first-order valence-corrected chi connectivity index (χ1v) is 19.6. The molecule has 0 aliphatic carbocycles. The molecule has 0 saturated heterocycles. The molecule has 0 bridgehead atoms. The van der Waals surface area contributed by atoms with Crippen molar-refractivity contribution in [1.29, 1.82) is 0 Å². The van der Waals surface area contributed by atoms with Gasteiger partial charge in [0.1, 0.15) is 0 Å². The van der Waals surface area contributed by atoms with E-state index < -0.39 is 7.26 Å². The fourth-order valence-electron chi connectivity index (χ4n) is 5.93. The van der Waals surface area contributed by atoms with Crippen LogP contribution in [0.25, 0.3) is 0 Å². The number of rotatable bonds is 30. The first-order valence-electron chi connectivity index (χ1n) is 17.1. The van der Waals surface area contributed by atoms with Gasteiger partial charge in [-0.2, -0.15) is 0 Å². The molecule has 0 N–H and O–H groups in total. The van der Waals surface area contributed by atoms with Crippen LogP contribution in [0, 0.1) is 0 Å². The van der Waals surface area contributed by atoms with Gasteiger partial charge in [0.15, 0.2) is 0 Å². The molecule has 0 aromatic rings. The zero-order valence-electron chi connectivity index (χ0n) is 25.7. The minimum absolute atomic E-state index is 0.712. The van der Waals surface area contributed by atoms with Crippen molar-refractivity contribution in [2.75, 3.05) is 24.6 Å². The van der Waals surface area contributed by atoms with Gasteiger partial charge in [-0.15, -0.1) is 0 Å². The summed E-state index contributed by atoms with van der Waals surface area (Å²) >= 11 is 0. The lowest BCUT2D eigenvalue weighted by molar-refractivity contribution is 0.548. The maximum atomic E-state index is 2.37. The molecule has 212 valence electrons. The fraction of sp³-hybridized carbons (Fsp3) is 1.00. The molecule has 0 aromatic carbocycles. The summed E-state index contributed by atoms with van der Waals surface area (Å²) in [6.45, 7) is 9.41. The van der Waals surface area contributed by atoms with Crippen LogP contribution < -0.4 is 0 Å². The average Bonchev–Trinajstić information content (AvgIpc) is 2.87. The highest BCUT2D eigenvalue weighted by Crippen LogP contribution is 2.61. The predicted octanol–water partition coefficient (Wildman–Crippen LogP) is 13.2. The van der Waals surface area contributed by atoms with Crippen LogP contribution in [0.15, 0.2) is 0 Å². The molecule has 0 aromatic heterocycles. The second kappa shape index (κ2) is 29.0. The average molecular weight is 512 g/mol. The van der Waals surface area contributed by atoms with E-state index in [0.29, 0.717) is 0 Å². The van der Waals surface area contributed by atoms with Crippen LogP contribution in [0.1, 0.15) is 195 Å². The summed E-state index contributed by atoms with van der Waals surface area (Å²) in [6.07, 6.45) is 45.1. The van der Waals surface area contributed by atoms with Crippen molar-refractivity contribution < 1.29 is 0 Å². The summed E-state index contributed by atoms with van der Waals surface area (Å²) in [6, 6.07) is 0. The van der Waals surface area contributed by atoms with Gasteiger partial charge in [0, 0.05) is 7.26 Å². The molecule has 0 fully saturated rings. The van der Waals surface area contributed by atoms with E-state index in [1.54, 1.807) is 50.3 Å². The second-order valence-corrected chi connectivity index (χ2v) is 16.5. The molecule has 0 atom stereocenters. The van der Waals surface area contributed by atoms with E-state index in [-0.39, 0.29) is 0 Å². The Kier molecular flexibility index (Phi) is 29.3. The zero-order chi connectivity index (χ0) is 25.7. The Bertz CT molecular complexity index is 365. The number of hydrogen-bond donors (Lipinski definition) is 0. The summed E-state index contributed by atoms with van der Waals surface area (Å²) in [7, 11) is -0.712. The van der Waals surface area contributed by atoms with Crippen molar-refractivity contribution in [3.63, 3.8) is 0 Å². The van der Waals surface area contributed by atoms with Crippen molar-refractivity contribution in [3.8, 4) is 0 Å². The lowest BCUT2D eigenvalue weighted by Crippen LogP contribution is -2.13. The van der Waals surface area contributed by atoms with Gasteiger partial charge >= 0.3 is 0 Å². The Morgan fingerprint density at radius 2 is 0.400 bits per heavy atom. The molecular weight excluding hydrogens is 439 g/mol. The molecule has 0 saturated carbocycles. The molecule has 0 spiro atoms. The van der Waals surface area contributed by atoms with Gasteiger partial charge in [0.05, 0.1) is 24.6 Å². The molecule has 0 aliphatic heterocycles. The highest BCUT2D eigenvalue weighted by atomic mass is 31.2. The van der Waals surface area contributed by atoms with Crippen molar-refractivity contribution in [2.45, 2.75) is 195 Å². The van der Waals surface area contributed by atoms with Crippen LogP contribution >= 0.6 is 7.26 Å². The van der Waals surface area contributed by atoms with Gasteiger partial charge < -0.3 is 0 Å². The third kappa shape index (κ3) is 24.5. The Balaban J connectivity index is 4.42. The SMILES string of the molecule is CCCCCCCCCCCCCC[P+](CCCCCC)(CCCCCC)CCCCCCCC. The normalized spacial score (nSPS) is 12.0. The molecule has 0 nitrogen and oxygen atoms in total.